The van der Waals surface area contributed by atoms with Crippen LogP contribution in [-0.2, 0) is 4.79 Å². The van der Waals surface area contributed by atoms with Crippen molar-refractivity contribution in [2.24, 2.45) is 0 Å². The van der Waals surface area contributed by atoms with Gasteiger partial charge in [-0.25, -0.2) is 9.78 Å². The predicted molar refractivity (Wildman–Crippen MR) is 53.6 cm³/mol. The molecule has 0 aliphatic carbocycles. The van der Waals surface area contributed by atoms with Gasteiger partial charge in [0.25, 0.3) is 0 Å². The van der Waals surface area contributed by atoms with Crippen molar-refractivity contribution in [2.75, 3.05) is 5.32 Å². The fraction of sp³-hybridized carbons (Fsp3) is 0.125. The van der Waals surface area contributed by atoms with Crippen molar-refractivity contribution in [1.82, 2.24) is 4.98 Å². The van der Waals surface area contributed by atoms with Crippen molar-refractivity contribution in [3.63, 3.8) is 0 Å². The molecule has 1 heterocycles. The molecule has 92 valence electrons. The molecule has 1 aromatic heterocycles. The second-order valence-corrected chi connectivity index (χ2v) is 3.72. The zero-order valence-electron chi connectivity index (χ0n) is 7.88. The van der Waals surface area contributed by atoms with E-state index >= 15 is 0 Å². The van der Waals surface area contributed by atoms with E-state index < -0.39 is 29.4 Å². The lowest BCUT2D eigenvalue weighted by Crippen LogP contribution is -2.31. The maximum atomic E-state index is 12.0. The van der Waals surface area contributed by atoms with Crippen LogP contribution < -0.4 is 5.32 Å². The number of nitrogens with zero attached hydrogens (tertiary/aromatic N) is 1. The zero-order chi connectivity index (χ0) is 13.2. The average molecular weight is 313 g/mol. The fourth-order valence-electron chi connectivity index (χ4n) is 0.880. The first-order valence-corrected chi connectivity index (χ1v) is 4.78. The van der Waals surface area contributed by atoms with E-state index in [4.69, 9.17) is 5.11 Å². The van der Waals surface area contributed by atoms with Gasteiger partial charge in [-0.1, -0.05) is 0 Å². The van der Waals surface area contributed by atoms with Gasteiger partial charge in [-0.2, -0.15) is 13.2 Å². The van der Waals surface area contributed by atoms with E-state index in [-0.39, 0.29) is 4.47 Å². The molecule has 0 aliphatic rings. The van der Waals surface area contributed by atoms with Crippen LogP contribution in [0, 0.1) is 0 Å². The molecular weight excluding hydrogens is 309 g/mol. The number of hydrogen-bond acceptors (Lipinski definition) is 3. The van der Waals surface area contributed by atoms with Gasteiger partial charge in [-0.15, -0.1) is 0 Å². The second-order valence-electron chi connectivity index (χ2n) is 2.81. The van der Waals surface area contributed by atoms with E-state index in [1.807, 2.05) is 0 Å². The van der Waals surface area contributed by atoms with Gasteiger partial charge < -0.3 is 10.4 Å². The quantitative estimate of drug-likeness (QED) is 0.876. The second kappa shape index (κ2) is 4.70. The van der Waals surface area contributed by atoms with Crippen molar-refractivity contribution < 1.29 is 27.9 Å². The minimum absolute atomic E-state index is 0.264. The normalized spacial score (nSPS) is 11.1. The van der Waals surface area contributed by atoms with E-state index in [2.05, 4.69) is 20.9 Å². The Balaban J connectivity index is 3.07. The molecule has 0 saturated carbocycles. The number of carbonyl (C=O) groups is 2. The number of aromatic nitrogens is 1. The summed E-state index contributed by atoms with van der Waals surface area (Å²) in [7, 11) is 0. The number of carbonyl (C=O) groups excluding carboxylic acids is 1. The van der Waals surface area contributed by atoms with Gasteiger partial charge in [0.15, 0.2) is 0 Å². The van der Waals surface area contributed by atoms with Crippen molar-refractivity contribution in [2.45, 2.75) is 6.18 Å². The van der Waals surface area contributed by atoms with E-state index in [1.54, 1.807) is 0 Å². The number of carboxylic acids is 1. The number of aromatic carboxylic acids is 1. The Hall–Kier alpha value is -1.64. The van der Waals surface area contributed by atoms with E-state index in [9.17, 15) is 22.8 Å². The highest BCUT2D eigenvalue weighted by molar-refractivity contribution is 9.10. The number of amides is 1. The summed E-state index contributed by atoms with van der Waals surface area (Å²) in [4.78, 5) is 24.7. The maximum Gasteiger partial charge on any atom is 0.471 e. The Bertz CT molecular complexity index is 476. The summed E-state index contributed by atoms with van der Waals surface area (Å²) in [5, 5.41) is 10.1. The number of rotatable bonds is 2. The molecule has 5 nitrogen and oxygen atoms in total. The molecule has 0 spiro atoms. The first kappa shape index (κ1) is 13.4. The summed E-state index contributed by atoms with van der Waals surface area (Å²) in [6, 6.07) is 1.03. The van der Waals surface area contributed by atoms with Crippen LogP contribution in [0.25, 0.3) is 0 Å². The van der Waals surface area contributed by atoms with E-state index in [0.717, 1.165) is 12.3 Å². The highest BCUT2D eigenvalue weighted by Crippen LogP contribution is 2.21. The van der Waals surface area contributed by atoms with Crippen LogP contribution in [-0.4, -0.2) is 28.1 Å². The molecule has 1 rings (SSSR count). The molecule has 9 heteroatoms. The number of nitrogens with one attached hydrogen (secondary N) is 1. The monoisotopic (exact) mass is 312 g/mol. The average Bonchev–Trinajstić information content (AvgIpc) is 2.18. The molecule has 0 radical (unpaired) electrons. The number of pyridine rings is 1. The van der Waals surface area contributed by atoms with Gasteiger partial charge in [0.2, 0.25) is 0 Å². The molecule has 0 aliphatic heterocycles. The van der Waals surface area contributed by atoms with Gasteiger partial charge >= 0.3 is 18.1 Å². The molecule has 1 aromatic rings. The Labute approximate surface area is 101 Å². The maximum absolute atomic E-state index is 12.0. The van der Waals surface area contributed by atoms with Crippen LogP contribution in [0.1, 0.15) is 10.4 Å². The van der Waals surface area contributed by atoms with Crippen molar-refractivity contribution in [3.05, 3.63) is 22.3 Å². The Kier molecular flexibility index (Phi) is 3.71. The molecular formula is C8H4BrF3N2O3. The third-order valence-corrected chi connectivity index (χ3v) is 2.01. The molecule has 0 bridgehead atoms. The summed E-state index contributed by atoms with van der Waals surface area (Å²) < 4.78 is 36.1. The summed E-state index contributed by atoms with van der Waals surface area (Å²) >= 11 is 2.91. The number of carboxylic acid groups (broad SMARTS) is 1. The van der Waals surface area contributed by atoms with Crippen LogP contribution >= 0.6 is 15.9 Å². The first-order chi connectivity index (χ1) is 7.71. The molecule has 1 amide bonds. The highest BCUT2D eigenvalue weighted by Gasteiger charge is 2.39. The van der Waals surface area contributed by atoms with Gasteiger partial charge in [0.1, 0.15) is 11.4 Å². The number of hydrogen-bond donors (Lipinski definition) is 2. The van der Waals surface area contributed by atoms with Gasteiger partial charge in [0, 0.05) is 10.7 Å². The Morgan fingerprint density at radius 1 is 1.41 bits per heavy atom. The predicted octanol–water partition coefficient (Wildman–Crippen LogP) is 2.04. The lowest BCUT2D eigenvalue weighted by Gasteiger charge is -2.09. The summed E-state index contributed by atoms with van der Waals surface area (Å²) in [6.07, 6.45) is -4.04. The standard InChI is InChI=1S/C8H4BrF3N2O3/c9-3-1-4(6(15)16)5(13-2-3)14-7(17)8(10,11)12/h1-2H,(H,15,16)(H,13,14,17). The minimum atomic E-state index is -5.11. The van der Waals surface area contributed by atoms with Crippen molar-refractivity contribution in [3.8, 4) is 0 Å². The summed E-state index contributed by atoms with van der Waals surface area (Å²) in [5.74, 6) is -4.45. The first-order valence-electron chi connectivity index (χ1n) is 3.99. The lowest BCUT2D eigenvalue weighted by atomic mass is 10.2. The molecule has 0 fully saturated rings. The molecule has 0 unspecified atom stereocenters. The highest BCUT2D eigenvalue weighted by atomic mass is 79.9. The van der Waals surface area contributed by atoms with Crippen molar-refractivity contribution in [1.29, 1.82) is 0 Å². The van der Waals surface area contributed by atoms with Crippen molar-refractivity contribution >= 4 is 33.6 Å². The Morgan fingerprint density at radius 2 is 2.00 bits per heavy atom. The van der Waals surface area contributed by atoms with Crippen LogP contribution in [0.2, 0.25) is 0 Å². The van der Waals surface area contributed by atoms with Crippen LogP contribution in [0.3, 0.4) is 0 Å². The fourth-order valence-corrected chi connectivity index (χ4v) is 1.21. The zero-order valence-corrected chi connectivity index (χ0v) is 9.46. The number of halogens is 4. The number of anilines is 1. The topological polar surface area (TPSA) is 79.3 Å². The van der Waals surface area contributed by atoms with Gasteiger partial charge in [0.05, 0.1) is 0 Å². The molecule has 17 heavy (non-hydrogen) atoms. The smallest absolute Gasteiger partial charge is 0.471 e. The lowest BCUT2D eigenvalue weighted by molar-refractivity contribution is -0.167. The summed E-state index contributed by atoms with van der Waals surface area (Å²) in [6.45, 7) is 0. The molecule has 0 aromatic carbocycles. The van der Waals surface area contributed by atoms with E-state index in [1.165, 1.54) is 5.32 Å². The van der Waals surface area contributed by atoms with E-state index in [0.29, 0.717) is 0 Å². The van der Waals surface area contributed by atoms with Gasteiger partial charge in [-0.3, -0.25) is 4.79 Å². The largest absolute Gasteiger partial charge is 0.478 e. The van der Waals surface area contributed by atoms with Crippen LogP contribution in [0.4, 0.5) is 19.0 Å². The molecule has 0 atom stereocenters. The third-order valence-electron chi connectivity index (χ3n) is 1.57. The van der Waals surface area contributed by atoms with Crippen LogP contribution in [0.5, 0.6) is 0 Å². The SMILES string of the molecule is O=C(O)c1cc(Br)cnc1NC(=O)C(F)(F)F. The van der Waals surface area contributed by atoms with Crippen LogP contribution in [0.15, 0.2) is 16.7 Å². The minimum Gasteiger partial charge on any atom is -0.478 e. The third kappa shape index (κ3) is 3.41. The Morgan fingerprint density at radius 3 is 2.47 bits per heavy atom. The summed E-state index contributed by atoms with van der Waals surface area (Å²) in [5.41, 5.74) is -0.544. The van der Waals surface area contributed by atoms with Gasteiger partial charge in [-0.05, 0) is 22.0 Å². The molecule has 0 saturated heterocycles. The number of alkyl halides is 3. The molecule has 2 N–H and O–H groups in total.